The van der Waals surface area contributed by atoms with E-state index in [2.05, 4.69) is 20.2 Å². The van der Waals surface area contributed by atoms with Gasteiger partial charge in [-0.25, -0.2) is 9.97 Å². The largest absolute Gasteiger partial charge is 0.495 e. The summed E-state index contributed by atoms with van der Waals surface area (Å²) in [5, 5.41) is 4.04. The third-order valence-electron chi connectivity index (χ3n) is 4.25. The van der Waals surface area contributed by atoms with E-state index >= 15 is 0 Å². The Kier molecular flexibility index (Phi) is 5.09. The number of hydrogen-bond acceptors (Lipinski definition) is 5. The van der Waals surface area contributed by atoms with Crippen molar-refractivity contribution in [2.75, 3.05) is 30.4 Å². The third kappa shape index (κ3) is 3.73. The molecule has 24 heavy (non-hydrogen) atoms. The number of methoxy groups -OCH3 is 1. The molecular formula is C18H23ClN4O. The van der Waals surface area contributed by atoms with Crippen LogP contribution < -0.4 is 15.0 Å². The first-order valence-corrected chi connectivity index (χ1v) is 8.66. The summed E-state index contributed by atoms with van der Waals surface area (Å²) in [6.07, 6.45) is 3.74. The van der Waals surface area contributed by atoms with Gasteiger partial charge in [-0.05, 0) is 44.7 Å². The lowest BCUT2D eigenvalue weighted by molar-refractivity contribution is 0.416. The molecule has 6 heteroatoms. The minimum atomic E-state index is 0.685. The fraction of sp³-hybridized carbons (Fsp3) is 0.444. The molecule has 1 saturated heterocycles. The van der Waals surface area contributed by atoms with Gasteiger partial charge in [-0.15, -0.1) is 0 Å². The predicted molar refractivity (Wildman–Crippen MR) is 98.9 cm³/mol. The zero-order valence-corrected chi connectivity index (χ0v) is 15.2. The van der Waals surface area contributed by atoms with E-state index in [0.29, 0.717) is 10.8 Å². The van der Waals surface area contributed by atoms with Gasteiger partial charge in [0.05, 0.1) is 12.8 Å². The minimum Gasteiger partial charge on any atom is -0.495 e. The molecule has 2 aromatic rings. The molecule has 0 aliphatic carbocycles. The normalized spacial score (nSPS) is 14.6. The molecule has 1 aromatic carbocycles. The Hall–Kier alpha value is -2.01. The molecule has 5 nitrogen and oxygen atoms in total. The molecule has 1 fully saturated rings. The maximum Gasteiger partial charge on any atom is 0.143 e. The third-order valence-corrected chi connectivity index (χ3v) is 4.66. The highest BCUT2D eigenvalue weighted by atomic mass is 35.5. The molecule has 1 N–H and O–H groups in total. The molecule has 0 radical (unpaired) electrons. The van der Waals surface area contributed by atoms with E-state index in [0.717, 1.165) is 41.8 Å². The van der Waals surface area contributed by atoms with Crippen molar-refractivity contribution in [3.05, 3.63) is 34.6 Å². The number of aryl methyl sites for hydroxylation is 2. The summed E-state index contributed by atoms with van der Waals surface area (Å²) in [6, 6.07) is 5.79. The fourth-order valence-electron chi connectivity index (χ4n) is 2.97. The van der Waals surface area contributed by atoms with E-state index in [1.54, 1.807) is 7.11 Å². The Morgan fingerprint density at radius 1 is 1.08 bits per heavy atom. The summed E-state index contributed by atoms with van der Waals surface area (Å²) in [5.74, 6) is 3.20. The number of benzene rings is 1. The molecule has 0 amide bonds. The molecule has 1 aromatic heterocycles. The quantitative estimate of drug-likeness (QED) is 0.883. The van der Waals surface area contributed by atoms with Gasteiger partial charge in [0.2, 0.25) is 0 Å². The molecule has 0 saturated carbocycles. The number of hydrogen-bond donors (Lipinski definition) is 1. The number of rotatable bonds is 4. The van der Waals surface area contributed by atoms with Crippen molar-refractivity contribution in [2.45, 2.75) is 33.1 Å². The Bertz CT molecular complexity index is 729. The van der Waals surface area contributed by atoms with Gasteiger partial charge in [-0.2, -0.15) is 0 Å². The summed E-state index contributed by atoms with van der Waals surface area (Å²) >= 11 is 6.18. The zero-order chi connectivity index (χ0) is 17.1. The molecule has 1 aliphatic heterocycles. The number of aromatic nitrogens is 2. The lowest BCUT2D eigenvalue weighted by Crippen LogP contribution is -2.30. The highest BCUT2D eigenvalue weighted by molar-refractivity contribution is 6.31. The Balaban J connectivity index is 1.90. The SMILES string of the molecule is COc1cc(Cl)c(C)cc1Nc1cc(N2CCCCC2)nc(C)n1. The van der Waals surface area contributed by atoms with Crippen molar-refractivity contribution >= 4 is 28.9 Å². The Morgan fingerprint density at radius 2 is 1.83 bits per heavy atom. The van der Waals surface area contributed by atoms with Crippen LogP contribution in [0.3, 0.4) is 0 Å². The molecule has 0 spiro atoms. The maximum atomic E-state index is 6.18. The lowest BCUT2D eigenvalue weighted by Gasteiger charge is -2.28. The number of nitrogens with zero attached hydrogens (tertiary/aromatic N) is 3. The monoisotopic (exact) mass is 346 g/mol. The first kappa shape index (κ1) is 16.8. The van der Waals surface area contributed by atoms with Crippen molar-refractivity contribution in [2.24, 2.45) is 0 Å². The second-order valence-corrected chi connectivity index (χ2v) is 6.54. The van der Waals surface area contributed by atoms with E-state index in [-0.39, 0.29) is 0 Å². The number of anilines is 3. The van der Waals surface area contributed by atoms with Crippen LogP contribution in [0.5, 0.6) is 5.75 Å². The number of ether oxygens (including phenoxy) is 1. The minimum absolute atomic E-state index is 0.685. The average molecular weight is 347 g/mol. The molecule has 128 valence electrons. The van der Waals surface area contributed by atoms with Gasteiger partial charge < -0.3 is 15.0 Å². The standard InChI is InChI=1S/C18H23ClN4O/c1-12-9-15(16(24-3)10-14(12)19)22-17-11-18(21-13(2)20-17)23-7-5-4-6-8-23/h9-11H,4-8H2,1-3H3,(H,20,21,22). The number of halogens is 1. The second-order valence-electron chi connectivity index (χ2n) is 6.13. The van der Waals surface area contributed by atoms with Gasteiger partial charge in [-0.3, -0.25) is 0 Å². The van der Waals surface area contributed by atoms with E-state index < -0.39 is 0 Å². The summed E-state index contributed by atoms with van der Waals surface area (Å²) in [5.41, 5.74) is 1.84. The van der Waals surface area contributed by atoms with Crippen LogP contribution in [0.25, 0.3) is 0 Å². The Labute approximate surface area is 148 Å². The average Bonchev–Trinajstić information content (AvgIpc) is 2.58. The van der Waals surface area contributed by atoms with Crippen LogP contribution in [0, 0.1) is 13.8 Å². The van der Waals surface area contributed by atoms with Gasteiger partial charge in [0.1, 0.15) is 23.2 Å². The summed E-state index contributed by atoms with van der Waals surface area (Å²) in [6.45, 7) is 6.00. The van der Waals surface area contributed by atoms with Crippen molar-refractivity contribution in [1.29, 1.82) is 0 Å². The molecule has 0 atom stereocenters. The smallest absolute Gasteiger partial charge is 0.143 e. The fourth-order valence-corrected chi connectivity index (χ4v) is 3.12. The van der Waals surface area contributed by atoms with Crippen LogP contribution in [-0.2, 0) is 0 Å². The Morgan fingerprint density at radius 3 is 2.54 bits per heavy atom. The van der Waals surface area contributed by atoms with Crippen LogP contribution in [-0.4, -0.2) is 30.2 Å². The van der Waals surface area contributed by atoms with Gasteiger partial charge in [-0.1, -0.05) is 11.6 Å². The highest BCUT2D eigenvalue weighted by Crippen LogP contribution is 2.33. The molecule has 0 unspecified atom stereocenters. The van der Waals surface area contributed by atoms with Crippen LogP contribution in [0.1, 0.15) is 30.7 Å². The highest BCUT2D eigenvalue weighted by Gasteiger charge is 2.15. The number of piperidine rings is 1. The summed E-state index contributed by atoms with van der Waals surface area (Å²) in [7, 11) is 1.64. The van der Waals surface area contributed by atoms with Gasteiger partial charge in [0, 0.05) is 30.2 Å². The molecule has 2 heterocycles. The van der Waals surface area contributed by atoms with Crippen molar-refractivity contribution in [1.82, 2.24) is 9.97 Å². The zero-order valence-electron chi connectivity index (χ0n) is 14.4. The van der Waals surface area contributed by atoms with E-state index in [9.17, 15) is 0 Å². The van der Waals surface area contributed by atoms with Gasteiger partial charge in [0.15, 0.2) is 0 Å². The van der Waals surface area contributed by atoms with Crippen LogP contribution in [0.2, 0.25) is 5.02 Å². The molecular weight excluding hydrogens is 324 g/mol. The molecule has 1 aliphatic rings. The van der Waals surface area contributed by atoms with E-state index in [4.69, 9.17) is 16.3 Å². The van der Waals surface area contributed by atoms with Crippen LogP contribution in [0.4, 0.5) is 17.3 Å². The molecule has 0 bridgehead atoms. The predicted octanol–water partition coefficient (Wildman–Crippen LogP) is 4.49. The lowest BCUT2D eigenvalue weighted by atomic mass is 10.1. The maximum absolute atomic E-state index is 6.18. The number of nitrogens with one attached hydrogen (secondary N) is 1. The first-order chi connectivity index (χ1) is 11.6. The van der Waals surface area contributed by atoms with E-state index in [1.807, 2.05) is 32.0 Å². The van der Waals surface area contributed by atoms with Crippen molar-refractivity contribution in [3.8, 4) is 5.75 Å². The topological polar surface area (TPSA) is 50.3 Å². The van der Waals surface area contributed by atoms with Gasteiger partial charge in [0.25, 0.3) is 0 Å². The van der Waals surface area contributed by atoms with Crippen molar-refractivity contribution in [3.63, 3.8) is 0 Å². The van der Waals surface area contributed by atoms with Crippen LogP contribution in [0.15, 0.2) is 18.2 Å². The summed E-state index contributed by atoms with van der Waals surface area (Å²) in [4.78, 5) is 11.4. The van der Waals surface area contributed by atoms with Gasteiger partial charge >= 0.3 is 0 Å². The summed E-state index contributed by atoms with van der Waals surface area (Å²) < 4.78 is 5.43. The molecule has 3 rings (SSSR count). The first-order valence-electron chi connectivity index (χ1n) is 8.28. The second kappa shape index (κ2) is 7.26. The van der Waals surface area contributed by atoms with E-state index in [1.165, 1.54) is 19.3 Å². The van der Waals surface area contributed by atoms with Crippen molar-refractivity contribution < 1.29 is 4.74 Å². The van der Waals surface area contributed by atoms with Crippen LogP contribution >= 0.6 is 11.6 Å².